The first-order chi connectivity index (χ1) is 11.5. The molecule has 2 aromatic rings. The van der Waals surface area contributed by atoms with Crippen LogP contribution in [0.5, 0.6) is 11.5 Å². The first-order valence-corrected chi connectivity index (χ1v) is 7.59. The molecule has 2 aromatic carbocycles. The predicted molar refractivity (Wildman–Crippen MR) is 87.2 cm³/mol. The van der Waals surface area contributed by atoms with Crippen LogP contribution in [0.4, 0.5) is 8.78 Å². The molecule has 2 rings (SSSR count). The fourth-order valence-corrected chi connectivity index (χ4v) is 2.41. The largest absolute Gasteiger partial charge is 0.493 e. The van der Waals surface area contributed by atoms with Gasteiger partial charge in [-0.3, -0.25) is 0 Å². The number of hydrogen-bond donors (Lipinski definition) is 2. The van der Waals surface area contributed by atoms with E-state index in [2.05, 4.69) is 10.1 Å². The molecule has 0 fully saturated rings. The summed E-state index contributed by atoms with van der Waals surface area (Å²) < 4.78 is 34.3. The van der Waals surface area contributed by atoms with Crippen LogP contribution in [0.25, 0.3) is 0 Å². The highest BCUT2D eigenvalue weighted by Crippen LogP contribution is 2.31. The van der Waals surface area contributed by atoms with Crippen molar-refractivity contribution in [2.24, 2.45) is 0 Å². The van der Waals surface area contributed by atoms with Crippen LogP contribution in [0.2, 0.25) is 0 Å². The fourth-order valence-electron chi connectivity index (χ4n) is 2.41. The minimum Gasteiger partial charge on any atom is -0.493 e. The topological polar surface area (TPSA) is 50.7 Å². The molecule has 0 aromatic heterocycles. The lowest BCUT2D eigenvalue weighted by Gasteiger charge is -2.18. The van der Waals surface area contributed by atoms with Crippen LogP contribution in [-0.2, 0) is 13.2 Å². The highest BCUT2D eigenvalue weighted by atomic mass is 19.3. The van der Waals surface area contributed by atoms with Gasteiger partial charge in [0.25, 0.3) is 0 Å². The fraction of sp³-hybridized carbons (Fsp3) is 0.333. The van der Waals surface area contributed by atoms with Gasteiger partial charge in [0.05, 0.1) is 13.7 Å². The molecule has 0 heterocycles. The smallest absolute Gasteiger partial charge is 0.387 e. The predicted octanol–water partition coefficient (Wildman–Crippen LogP) is 3.64. The zero-order valence-corrected chi connectivity index (χ0v) is 13.6. The van der Waals surface area contributed by atoms with E-state index in [1.165, 1.54) is 13.2 Å². The van der Waals surface area contributed by atoms with Gasteiger partial charge in [0.1, 0.15) is 0 Å². The number of ether oxygens (including phenoxy) is 2. The summed E-state index contributed by atoms with van der Waals surface area (Å²) in [6.07, 6.45) is 0. The molecular weight excluding hydrogens is 316 g/mol. The standard InChI is InChI=1S/C18H21F2NO3/c1-12(21-10-14-5-3-4-6-15(14)11-22)13-7-8-16(24-18(19)20)17(9-13)23-2/h3-9,12,18,21-22H,10-11H2,1-2H3. The maximum atomic E-state index is 12.4. The molecule has 0 amide bonds. The maximum Gasteiger partial charge on any atom is 0.387 e. The first kappa shape index (κ1) is 18.2. The Morgan fingerprint density at radius 1 is 1.08 bits per heavy atom. The van der Waals surface area contributed by atoms with Crippen molar-refractivity contribution in [2.75, 3.05) is 7.11 Å². The second kappa shape index (κ2) is 8.61. The minimum atomic E-state index is -2.89. The third kappa shape index (κ3) is 4.66. The number of nitrogens with one attached hydrogen (secondary N) is 1. The number of methoxy groups -OCH3 is 1. The molecule has 0 saturated carbocycles. The Morgan fingerprint density at radius 2 is 1.79 bits per heavy atom. The molecule has 0 bridgehead atoms. The van der Waals surface area contributed by atoms with Gasteiger partial charge in [0.15, 0.2) is 11.5 Å². The van der Waals surface area contributed by atoms with Crippen LogP contribution in [0.3, 0.4) is 0 Å². The quantitative estimate of drug-likeness (QED) is 0.772. The summed E-state index contributed by atoms with van der Waals surface area (Å²) in [5.41, 5.74) is 2.77. The second-order valence-corrected chi connectivity index (χ2v) is 5.32. The average Bonchev–Trinajstić information content (AvgIpc) is 2.59. The van der Waals surface area contributed by atoms with Crippen LogP contribution in [0, 0.1) is 0 Å². The van der Waals surface area contributed by atoms with E-state index in [-0.39, 0.29) is 24.1 Å². The molecule has 0 aliphatic rings. The van der Waals surface area contributed by atoms with E-state index in [0.29, 0.717) is 6.54 Å². The molecule has 2 N–H and O–H groups in total. The maximum absolute atomic E-state index is 12.4. The number of rotatable bonds is 8. The number of aliphatic hydroxyl groups is 1. The Hall–Kier alpha value is -2.18. The van der Waals surface area contributed by atoms with E-state index in [4.69, 9.17) is 4.74 Å². The summed E-state index contributed by atoms with van der Waals surface area (Å²) in [6.45, 7) is -0.366. The van der Waals surface area contributed by atoms with E-state index in [1.807, 2.05) is 31.2 Å². The van der Waals surface area contributed by atoms with Gasteiger partial charge in [-0.2, -0.15) is 8.78 Å². The Kier molecular flexibility index (Phi) is 6.52. The minimum absolute atomic E-state index is 0.00840. The number of hydrogen-bond acceptors (Lipinski definition) is 4. The van der Waals surface area contributed by atoms with Crippen molar-refractivity contribution >= 4 is 0 Å². The van der Waals surface area contributed by atoms with Gasteiger partial charge in [-0.25, -0.2) is 0 Å². The molecule has 4 nitrogen and oxygen atoms in total. The number of alkyl halides is 2. The van der Waals surface area contributed by atoms with Crippen LogP contribution in [0.15, 0.2) is 42.5 Å². The molecule has 0 saturated heterocycles. The monoisotopic (exact) mass is 337 g/mol. The average molecular weight is 337 g/mol. The normalized spacial score (nSPS) is 12.2. The van der Waals surface area contributed by atoms with Gasteiger partial charge in [0.2, 0.25) is 0 Å². The van der Waals surface area contributed by atoms with E-state index < -0.39 is 6.61 Å². The Balaban J connectivity index is 2.08. The van der Waals surface area contributed by atoms with E-state index in [9.17, 15) is 13.9 Å². The highest BCUT2D eigenvalue weighted by molar-refractivity contribution is 5.43. The van der Waals surface area contributed by atoms with Crippen molar-refractivity contribution < 1.29 is 23.4 Å². The highest BCUT2D eigenvalue weighted by Gasteiger charge is 2.14. The van der Waals surface area contributed by atoms with Gasteiger partial charge < -0.3 is 19.9 Å². The molecule has 1 atom stereocenters. The molecule has 0 radical (unpaired) electrons. The van der Waals surface area contributed by atoms with E-state index in [1.54, 1.807) is 12.1 Å². The molecule has 130 valence electrons. The van der Waals surface area contributed by atoms with Crippen LogP contribution >= 0.6 is 0 Å². The van der Waals surface area contributed by atoms with Gasteiger partial charge in [-0.1, -0.05) is 30.3 Å². The van der Waals surface area contributed by atoms with Gasteiger partial charge >= 0.3 is 6.61 Å². The zero-order valence-electron chi connectivity index (χ0n) is 13.6. The van der Waals surface area contributed by atoms with Crippen LogP contribution in [-0.4, -0.2) is 18.8 Å². The Bertz CT molecular complexity index is 664. The summed E-state index contributed by atoms with van der Waals surface area (Å²) in [4.78, 5) is 0. The number of aliphatic hydroxyl groups excluding tert-OH is 1. The van der Waals surface area contributed by atoms with Gasteiger partial charge in [0, 0.05) is 12.6 Å². The van der Waals surface area contributed by atoms with E-state index >= 15 is 0 Å². The summed E-state index contributed by atoms with van der Waals surface area (Å²) in [7, 11) is 1.41. The third-order valence-electron chi connectivity index (χ3n) is 3.79. The third-order valence-corrected chi connectivity index (χ3v) is 3.79. The number of halogens is 2. The lowest BCUT2D eigenvalue weighted by atomic mass is 10.1. The molecule has 6 heteroatoms. The molecule has 24 heavy (non-hydrogen) atoms. The van der Waals surface area contributed by atoms with E-state index in [0.717, 1.165) is 16.7 Å². The van der Waals surface area contributed by atoms with Crippen molar-refractivity contribution in [3.8, 4) is 11.5 Å². The van der Waals surface area contributed by atoms with Crippen molar-refractivity contribution in [1.82, 2.24) is 5.32 Å². The van der Waals surface area contributed by atoms with Gasteiger partial charge in [-0.15, -0.1) is 0 Å². The Labute approximate surface area is 140 Å². The summed E-state index contributed by atoms with van der Waals surface area (Å²) in [5, 5.41) is 12.7. The molecule has 0 aliphatic heterocycles. The molecule has 1 unspecified atom stereocenters. The molecule has 0 spiro atoms. The lowest BCUT2D eigenvalue weighted by molar-refractivity contribution is -0.0512. The summed E-state index contributed by atoms with van der Waals surface area (Å²) in [6, 6.07) is 12.5. The van der Waals surface area contributed by atoms with Crippen molar-refractivity contribution in [1.29, 1.82) is 0 Å². The lowest BCUT2D eigenvalue weighted by Crippen LogP contribution is -2.19. The summed E-state index contributed by atoms with van der Waals surface area (Å²) >= 11 is 0. The van der Waals surface area contributed by atoms with Gasteiger partial charge in [-0.05, 0) is 35.7 Å². The molecular formula is C18H21F2NO3. The molecule has 0 aliphatic carbocycles. The number of benzene rings is 2. The van der Waals surface area contributed by atoms with Crippen molar-refractivity contribution in [3.63, 3.8) is 0 Å². The van der Waals surface area contributed by atoms with Crippen molar-refractivity contribution in [3.05, 3.63) is 59.2 Å². The second-order valence-electron chi connectivity index (χ2n) is 5.32. The van der Waals surface area contributed by atoms with Crippen LogP contribution in [0.1, 0.15) is 29.7 Å². The SMILES string of the molecule is COc1cc(C(C)NCc2ccccc2CO)ccc1OC(F)F. The summed E-state index contributed by atoms with van der Waals surface area (Å²) in [5.74, 6) is 0.270. The van der Waals surface area contributed by atoms with Crippen molar-refractivity contribution in [2.45, 2.75) is 32.7 Å². The first-order valence-electron chi connectivity index (χ1n) is 7.59. The Morgan fingerprint density at radius 3 is 2.42 bits per heavy atom. The van der Waals surface area contributed by atoms with Crippen LogP contribution < -0.4 is 14.8 Å². The zero-order chi connectivity index (χ0) is 17.5.